The van der Waals surface area contributed by atoms with E-state index < -0.39 is 23.1 Å². The Hall–Kier alpha value is -2.58. The fraction of sp³-hybridized carbons (Fsp3) is 0.250. The number of carbonyl (C=O) groups excluding carboxylic acids is 1. The molecule has 136 valence electrons. The third-order valence-electron chi connectivity index (χ3n) is 3.86. The van der Waals surface area contributed by atoms with E-state index in [9.17, 15) is 14.4 Å². The van der Waals surface area contributed by atoms with Gasteiger partial charge in [0.1, 0.15) is 12.2 Å². The van der Waals surface area contributed by atoms with Gasteiger partial charge < -0.3 is 9.57 Å². The molecule has 10 heteroatoms. The number of oxime groups is 1. The Labute approximate surface area is 157 Å². The number of fused-ring (bicyclic) bond motifs is 1. The second-order valence-corrected chi connectivity index (χ2v) is 6.40. The van der Waals surface area contributed by atoms with Crippen molar-refractivity contribution in [1.82, 2.24) is 9.13 Å². The fourth-order valence-electron chi connectivity index (χ4n) is 2.43. The average molecular weight is 398 g/mol. The molecule has 1 aromatic heterocycles. The van der Waals surface area contributed by atoms with Crippen molar-refractivity contribution >= 4 is 35.2 Å². The molecule has 0 fully saturated rings. The number of aromatic nitrogens is 2. The summed E-state index contributed by atoms with van der Waals surface area (Å²) in [6.07, 6.45) is -0.0258. The lowest BCUT2D eigenvalue weighted by atomic mass is 10.1. The van der Waals surface area contributed by atoms with E-state index in [4.69, 9.17) is 32.8 Å². The summed E-state index contributed by atoms with van der Waals surface area (Å²) < 4.78 is 7.33. The number of ether oxygens (including phenoxy) is 1. The zero-order valence-corrected chi connectivity index (χ0v) is 15.2. The highest BCUT2D eigenvalue weighted by molar-refractivity contribution is 6.35. The molecule has 3 rings (SSSR count). The molecular formula is C16H13Cl2N3O5. The maximum atomic E-state index is 12.4. The first-order valence-electron chi connectivity index (χ1n) is 7.41. The number of benzene rings is 1. The SMILES string of the molecule is Cn1c2c(c(=O)n(C)c1=O)C(=O)[C@H](/C=N/OCc1ccc(Cl)cc1Cl)O2. The minimum atomic E-state index is -1.15. The number of nitrogens with zero attached hydrogens (tertiary/aromatic N) is 3. The van der Waals surface area contributed by atoms with Crippen LogP contribution >= 0.6 is 23.2 Å². The number of hydrogen-bond donors (Lipinski definition) is 0. The zero-order valence-electron chi connectivity index (χ0n) is 13.7. The molecule has 0 radical (unpaired) electrons. The van der Waals surface area contributed by atoms with Gasteiger partial charge in [0, 0.05) is 29.7 Å². The third kappa shape index (κ3) is 3.13. The van der Waals surface area contributed by atoms with E-state index in [0.29, 0.717) is 15.6 Å². The fourth-order valence-corrected chi connectivity index (χ4v) is 2.90. The molecule has 0 amide bonds. The van der Waals surface area contributed by atoms with E-state index in [1.807, 2.05) is 0 Å². The van der Waals surface area contributed by atoms with Crippen molar-refractivity contribution < 1.29 is 14.4 Å². The molecule has 0 bridgehead atoms. The van der Waals surface area contributed by atoms with Crippen molar-refractivity contribution in [3.05, 3.63) is 60.2 Å². The molecule has 2 aromatic rings. The molecule has 1 aliphatic rings. The predicted molar refractivity (Wildman–Crippen MR) is 95.4 cm³/mol. The summed E-state index contributed by atoms with van der Waals surface area (Å²) in [5.41, 5.74) is -0.830. The molecule has 0 unspecified atom stereocenters. The molecule has 1 atom stereocenters. The minimum absolute atomic E-state index is 0.0562. The van der Waals surface area contributed by atoms with Crippen LogP contribution in [0.5, 0.6) is 5.88 Å². The Kier molecular flexibility index (Phi) is 4.88. The van der Waals surface area contributed by atoms with Crippen LogP contribution in [0.1, 0.15) is 15.9 Å². The van der Waals surface area contributed by atoms with Gasteiger partial charge in [0.15, 0.2) is 0 Å². The summed E-state index contributed by atoms with van der Waals surface area (Å²) in [6, 6.07) is 4.92. The minimum Gasteiger partial charge on any atom is -0.460 e. The van der Waals surface area contributed by atoms with Crippen LogP contribution < -0.4 is 16.0 Å². The predicted octanol–water partition coefficient (Wildman–Crippen LogP) is 1.54. The molecule has 0 spiro atoms. The summed E-state index contributed by atoms with van der Waals surface area (Å²) in [7, 11) is 2.70. The Bertz CT molecular complexity index is 1040. The van der Waals surface area contributed by atoms with Crippen molar-refractivity contribution in [2.45, 2.75) is 12.7 Å². The second-order valence-electron chi connectivity index (χ2n) is 5.55. The van der Waals surface area contributed by atoms with E-state index >= 15 is 0 Å². The van der Waals surface area contributed by atoms with Crippen molar-refractivity contribution in [2.75, 3.05) is 0 Å². The molecule has 0 aliphatic carbocycles. The van der Waals surface area contributed by atoms with Gasteiger partial charge in [0.05, 0.1) is 6.21 Å². The lowest BCUT2D eigenvalue weighted by molar-refractivity contribution is 0.0907. The summed E-state index contributed by atoms with van der Waals surface area (Å²) in [4.78, 5) is 41.5. The smallest absolute Gasteiger partial charge is 0.333 e. The van der Waals surface area contributed by atoms with Gasteiger partial charge in [-0.15, -0.1) is 0 Å². The van der Waals surface area contributed by atoms with Crippen LogP contribution in [0, 0.1) is 0 Å². The van der Waals surface area contributed by atoms with Gasteiger partial charge in [-0.25, -0.2) is 4.79 Å². The number of carbonyl (C=O) groups is 1. The molecule has 1 aromatic carbocycles. The highest BCUT2D eigenvalue weighted by Gasteiger charge is 2.37. The number of halogens is 2. The monoisotopic (exact) mass is 397 g/mol. The number of Topliss-reactive ketones (excluding diaryl/α,β-unsaturated/α-hetero) is 1. The first-order valence-corrected chi connectivity index (χ1v) is 8.17. The molecule has 0 saturated carbocycles. The highest BCUT2D eigenvalue weighted by Crippen LogP contribution is 2.24. The maximum absolute atomic E-state index is 12.4. The van der Waals surface area contributed by atoms with Gasteiger partial charge in [0.2, 0.25) is 17.8 Å². The molecule has 1 aliphatic heterocycles. The number of rotatable bonds is 4. The Morgan fingerprint density at radius 3 is 2.65 bits per heavy atom. The zero-order chi connectivity index (χ0) is 19.0. The van der Waals surface area contributed by atoms with Crippen LogP contribution in [0.3, 0.4) is 0 Å². The number of ketones is 1. The van der Waals surface area contributed by atoms with Crippen LogP contribution in [0.4, 0.5) is 0 Å². The van der Waals surface area contributed by atoms with Gasteiger partial charge in [-0.05, 0) is 12.1 Å². The van der Waals surface area contributed by atoms with E-state index in [2.05, 4.69) is 5.16 Å². The van der Waals surface area contributed by atoms with Gasteiger partial charge in [0.25, 0.3) is 5.56 Å². The molecular weight excluding hydrogens is 385 g/mol. The standard InChI is InChI=1S/C16H13Cl2N3O5/c1-20-14(23)12-13(22)11(26-15(12)21(2)16(20)24)6-19-25-7-8-3-4-9(17)5-10(8)18/h3-6,11H,7H2,1-2H3/b19-6+/t11-/m0/s1. The first-order chi connectivity index (χ1) is 12.3. The molecule has 0 saturated heterocycles. The second kappa shape index (κ2) is 6.97. The van der Waals surface area contributed by atoms with Crippen molar-refractivity contribution in [2.24, 2.45) is 19.3 Å². The van der Waals surface area contributed by atoms with E-state index in [0.717, 1.165) is 15.3 Å². The Morgan fingerprint density at radius 2 is 1.96 bits per heavy atom. The Balaban J connectivity index is 1.74. The Morgan fingerprint density at radius 1 is 1.23 bits per heavy atom. The van der Waals surface area contributed by atoms with Crippen LogP contribution in [-0.2, 0) is 25.5 Å². The van der Waals surface area contributed by atoms with Crippen LogP contribution in [0.25, 0.3) is 0 Å². The highest BCUT2D eigenvalue weighted by atomic mass is 35.5. The topological polar surface area (TPSA) is 91.9 Å². The number of hydrogen-bond acceptors (Lipinski definition) is 6. The van der Waals surface area contributed by atoms with Crippen LogP contribution in [0.15, 0.2) is 32.9 Å². The summed E-state index contributed by atoms with van der Waals surface area (Å²) in [5.74, 6) is -0.673. The molecule has 2 heterocycles. The van der Waals surface area contributed by atoms with Gasteiger partial charge in [-0.1, -0.05) is 34.4 Å². The summed E-state index contributed by atoms with van der Waals surface area (Å²) in [5, 5.41) is 4.61. The van der Waals surface area contributed by atoms with E-state index in [1.54, 1.807) is 18.2 Å². The van der Waals surface area contributed by atoms with E-state index in [1.165, 1.54) is 14.1 Å². The maximum Gasteiger partial charge on any atom is 0.333 e. The lowest BCUT2D eigenvalue weighted by Gasteiger charge is -2.07. The van der Waals surface area contributed by atoms with Crippen molar-refractivity contribution in [1.29, 1.82) is 0 Å². The largest absolute Gasteiger partial charge is 0.460 e. The van der Waals surface area contributed by atoms with Gasteiger partial charge in [-0.3, -0.25) is 18.7 Å². The van der Waals surface area contributed by atoms with Crippen molar-refractivity contribution in [3.63, 3.8) is 0 Å². The van der Waals surface area contributed by atoms with Gasteiger partial charge >= 0.3 is 5.69 Å². The first kappa shape index (κ1) is 18.2. The normalized spacial score (nSPS) is 16.0. The lowest BCUT2D eigenvalue weighted by Crippen LogP contribution is -2.39. The summed E-state index contributed by atoms with van der Waals surface area (Å²) >= 11 is 11.8. The molecule has 0 N–H and O–H groups in total. The molecule has 8 nitrogen and oxygen atoms in total. The average Bonchev–Trinajstić information content (AvgIpc) is 2.93. The third-order valence-corrected chi connectivity index (χ3v) is 4.45. The van der Waals surface area contributed by atoms with Crippen molar-refractivity contribution in [3.8, 4) is 5.88 Å². The van der Waals surface area contributed by atoms with E-state index in [-0.39, 0.29) is 18.1 Å². The summed E-state index contributed by atoms with van der Waals surface area (Å²) in [6.45, 7) is 0.0562. The quantitative estimate of drug-likeness (QED) is 0.576. The van der Waals surface area contributed by atoms with Gasteiger partial charge in [-0.2, -0.15) is 0 Å². The van der Waals surface area contributed by atoms with Crippen LogP contribution in [-0.4, -0.2) is 27.2 Å². The molecule has 26 heavy (non-hydrogen) atoms. The van der Waals surface area contributed by atoms with Crippen LogP contribution in [0.2, 0.25) is 10.0 Å².